The van der Waals surface area contributed by atoms with E-state index >= 15 is 0 Å². The number of nitrogens with zero attached hydrogens (tertiary/aromatic N) is 1. The third kappa shape index (κ3) is 2.57. The van der Waals surface area contributed by atoms with Gasteiger partial charge < -0.3 is 5.32 Å². The molecule has 4 nitrogen and oxygen atoms in total. The minimum Gasteiger partial charge on any atom is -0.345 e. The van der Waals surface area contributed by atoms with Crippen molar-refractivity contribution in [2.45, 2.75) is 25.8 Å². The lowest BCUT2D eigenvalue weighted by atomic mass is 10.0. The molecule has 0 spiro atoms. The van der Waals surface area contributed by atoms with Crippen LogP contribution < -0.4 is 5.32 Å². The molecule has 2 N–H and O–H groups in total. The Balaban J connectivity index is 2.65. The molecule has 0 radical (unpaired) electrons. The van der Waals surface area contributed by atoms with E-state index < -0.39 is 0 Å². The molecule has 1 rings (SSSR count). The van der Waals surface area contributed by atoms with Crippen LogP contribution in [0.15, 0.2) is 12.3 Å². The monoisotopic (exact) mass is 259 g/mol. The molecule has 14 heavy (non-hydrogen) atoms. The van der Waals surface area contributed by atoms with Gasteiger partial charge >= 0.3 is 0 Å². The lowest BCUT2D eigenvalue weighted by Gasteiger charge is -2.26. The Kier molecular flexibility index (Phi) is 3.69. The van der Waals surface area contributed by atoms with Crippen LogP contribution in [0.25, 0.3) is 0 Å². The SMILES string of the molecule is CCC(C)(CBr)NC(=O)c1ccn[nH]1. The molecule has 1 atom stereocenters. The first kappa shape index (κ1) is 11.2. The zero-order chi connectivity index (χ0) is 10.6. The van der Waals surface area contributed by atoms with Crippen LogP contribution in [0.2, 0.25) is 0 Å². The average molecular weight is 260 g/mol. The molecule has 1 aromatic rings. The van der Waals surface area contributed by atoms with E-state index in [0.717, 1.165) is 11.8 Å². The predicted octanol–water partition coefficient (Wildman–Crippen LogP) is 1.70. The average Bonchev–Trinajstić information content (AvgIpc) is 2.70. The first-order valence-electron chi connectivity index (χ1n) is 4.49. The summed E-state index contributed by atoms with van der Waals surface area (Å²) in [5.41, 5.74) is 0.285. The van der Waals surface area contributed by atoms with Gasteiger partial charge in [0.1, 0.15) is 5.69 Å². The molecule has 78 valence electrons. The number of amides is 1. The van der Waals surface area contributed by atoms with Gasteiger partial charge in [0, 0.05) is 17.1 Å². The summed E-state index contributed by atoms with van der Waals surface area (Å²) in [6, 6.07) is 1.65. The van der Waals surface area contributed by atoms with Gasteiger partial charge in [0.15, 0.2) is 0 Å². The van der Waals surface area contributed by atoms with Crippen molar-refractivity contribution < 1.29 is 4.79 Å². The zero-order valence-corrected chi connectivity index (χ0v) is 9.89. The molecule has 0 aliphatic rings. The van der Waals surface area contributed by atoms with E-state index in [1.165, 1.54) is 0 Å². The Morgan fingerprint density at radius 1 is 1.79 bits per heavy atom. The van der Waals surface area contributed by atoms with Gasteiger partial charge in [-0.1, -0.05) is 22.9 Å². The van der Waals surface area contributed by atoms with Crippen LogP contribution in [0.4, 0.5) is 0 Å². The number of hydrogen-bond donors (Lipinski definition) is 2. The first-order chi connectivity index (χ1) is 6.61. The van der Waals surface area contributed by atoms with Crippen LogP contribution in [-0.2, 0) is 0 Å². The molecule has 0 aliphatic carbocycles. The maximum atomic E-state index is 11.6. The largest absolute Gasteiger partial charge is 0.345 e. The Morgan fingerprint density at radius 2 is 2.50 bits per heavy atom. The second kappa shape index (κ2) is 4.59. The number of alkyl halides is 1. The molecule has 0 saturated carbocycles. The Bertz CT molecular complexity index is 293. The van der Waals surface area contributed by atoms with Crippen LogP contribution >= 0.6 is 15.9 Å². The van der Waals surface area contributed by atoms with E-state index in [9.17, 15) is 4.79 Å². The van der Waals surface area contributed by atoms with Crippen molar-refractivity contribution in [2.75, 3.05) is 5.33 Å². The number of H-pyrrole nitrogens is 1. The number of aromatic amines is 1. The highest BCUT2D eigenvalue weighted by Gasteiger charge is 2.23. The minimum atomic E-state index is -0.206. The molecule has 0 fully saturated rings. The van der Waals surface area contributed by atoms with Crippen molar-refractivity contribution in [1.82, 2.24) is 15.5 Å². The van der Waals surface area contributed by atoms with E-state index in [1.54, 1.807) is 12.3 Å². The summed E-state index contributed by atoms with van der Waals surface area (Å²) in [5, 5.41) is 10.0. The third-order valence-electron chi connectivity index (χ3n) is 2.24. The second-order valence-electron chi connectivity index (χ2n) is 3.47. The molecule has 1 amide bonds. The number of nitrogens with one attached hydrogen (secondary N) is 2. The zero-order valence-electron chi connectivity index (χ0n) is 8.30. The van der Waals surface area contributed by atoms with Crippen LogP contribution in [0.3, 0.4) is 0 Å². The first-order valence-corrected chi connectivity index (χ1v) is 5.61. The van der Waals surface area contributed by atoms with Gasteiger partial charge in [-0.3, -0.25) is 9.89 Å². The minimum absolute atomic E-state index is 0.119. The van der Waals surface area contributed by atoms with Crippen molar-refractivity contribution in [3.63, 3.8) is 0 Å². The van der Waals surface area contributed by atoms with Gasteiger partial charge in [-0.2, -0.15) is 5.10 Å². The van der Waals surface area contributed by atoms with Crippen LogP contribution in [0.1, 0.15) is 30.8 Å². The number of hydrogen-bond acceptors (Lipinski definition) is 2. The highest BCUT2D eigenvalue weighted by atomic mass is 79.9. The number of aromatic nitrogens is 2. The van der Waals surface area contributed by atoms with Crippen molar-refractivity contribution in [3.8, 4) is 0 Å². The van der Waals surface area contributed by atoms with Gasteiger partial charge in [0.2, 0.25) is 0 Å². The van der Waals surface area contributed by atoms with Gasteiger partial charge in [-0.05, 0) is 19.4 Å². The summed E-state index contributed by atoms with van der Waals surface area (Å²) in [7, 11) is 0. The van der Waals surface area contributed by atoms with Crippen molar-refractivity contribution in [3.05, 3.63) is 18.0 Å². The number of halogens is 1. The van der Waals surface area contributed by atoms with E-state index in [1.807, 2.05) is 13.8 Å². The van der Waals surface area contributed by atoms with Gasteiger partial charge in [0.05, 0.1) is 0 Å². The van der Waals surface area contributed by atoms with Gasteiger partial charge in [-0.15, -0.1) is 0 Å². The summed E-state index contributed by atoms with van der Waals surface area (Å²) in [6.45, 7) is 4.03. The van der Waals surface area contributed by atoms with Crippen molar-refractivity contribution >= 4 is 21.8 Å². The quantitative estimate of drug-likeness (QED) is 0.809. The Morgan fingerprint density at radius 3 is 2.93 bits per heavy atom. The lowest BCUT2D eigenvalue weighted by Crippen LogP contribution is -2.47. The molecule has 1 aromatic heterocycles. The number of carbonyl (C=O) groups is 1. The maximum Gasteiger partial charge on any atom is 0.269 e. The van der Waals surface area contributed by atoms with Crippen LogP contribution in [0, 0.1) is 0 Å². The van der Waals surface area contributed by atoms with Crippen molar-refractivity contribution in [1.29, 1.82) is 0 Å². The normalized spacial score (nSPS) is 14.8. The molecule has 0 aromatic carbocycles. The third-order valence-corrected chi connectivity index (χ3v) is 3.47. The van der Waals surface area contributed by atoms with Crippen LogP contribution in [0.5, 0.6) is 0 Å². The van der Waals surface area contributed by atoms with E-state index in [4.69, 9.17) is 0 Å². The highest BCUT2D eigenvalue weighted by molar-refractivity contribution is 9.09. The molecule has 0 bridgehead atoms. The molecule has 0 aliphatic heterocycles. The van der Waals surface area contributed by atoms with Gasteiger partial charge in [-0.25, -0.2) is 0 Å². The predicted molar refractivity (Wildman–Crippen MR) is 58.5 cm³/mol. The summed E-state index contributed by atoms with van der Waals surface area (Å²) < 4.78 is 0. The molecular formula is C9H14BrN3O. The fraction of sp³-hybridized carbons (Fsp3) is 0.556. The summed E-state index contributed by atoms with van der Waals surface area (Å²) in [4.78, 5) is 11.6. The molecular weight excluding hydrogens is 246 g/mol. The molecule has 1 unspecified atom stereocenters. The van der Waals surface area contributed by atoms with E-state index in [2.05, 4.69) is 31.4 Å². The Labute approximate surface area is 91.6 Å². The van der Waals surface area contributed by atoms with Gasteiger partial charge in [0.25, 0.3) is 5.91 Å². The molecule has 1 heterocycles. The maximum absolute atomic E-state index is 11.6. The topological polar surface area (TPSA) is 57.8 Å². The fourth-order valence-electron chi connectivity index (χ4n) is 0.940. The molecule has 0 saturated heterocycles. The standard InChI is InChI=1S/C9H14BrN3O/c1-3-9(2,6-10)12-8(14)7-4-5-11-13-7/h4-5H,3,6H2,1-2H3,(H,11,13)(H,12,14). The van der Waals surface area contributed by atoms with Crippen molar-refractivity contribution in [2.24, 2.45) is 0 Å². The summed E-state index contributed by atoms with van der Waals surface area (Å²) in [6.07, 6.45) is 2.43. The summed E-state index contributed by atoms with van der Waals surface area (Å²) in [5.74, 6) is -0.119. The molecule has 5 heteroatoms. The lowest BCUT2D eigenvalue weighted by molar-refractivity contribution is 0.0908. The Hall–Kier alpha value is -0.840. The highest BCUT2D eigenvalue weighted by Crippen LogP contribution is 2.13. The van der Waals surface area contributed by atoms with E-state index in [-0.39, 0.29) is 11.4 Å². The number of rotatable bonds is 4. The van der Waals surface area contributed by atoms with E-state index in [0.29, 0.717) is 5.69 Å². The smallest absolute Gasteiger partial charge is 0.269 e. The number of carbonyl (C=O) groups excluding carboxylic acids is 1. The summed E-state index contributed by atoms with van der Waals surface area (Å²) >= 11 is 3.38. The van der Waals surface area contributed by atoms with Crippen LogP contribution in [-0.4, -0.2) is 27.0 Å². The fourth-order valence-corrected chi connectivity index (χ4v) is 1.48. The second-order valence-corrected chi connectivity index (χ2v) is 4.03.